The van der Waals surface area contributed by atoms with Crippen molar-refractivity contribution in [3.05, 3.63) is 29.8 Å². The lowest BCUT2D eigenvalue weighted by atomic mass is 10.0. The average molecular weight is 293 g/mol. The molecule has 0 bridgehead atoms. The molecular weight excluding hydrogens is 274 g/mol. The van der Waals surface area contributed by atoms with Crippen LogP contribution < -0.4 is 5.73 Å². The fourth-order valence-corrected chi connectivity index (χ4v) is 4.33. The first-order valence-electron chi connectivity index (χ1n) is 6.69. The molecule has 0 heterocycles. The predicted octanol–water partition coefficient (Wildman–Crippen LogP) is 1.31. The summed E-state index contributed by atoms with van der Waals surface area (Å²) < 4.78 is 26.7. The molecule has 108 valence electrons. The first-order valence-corrected chi connectivity index (χ1v) is 8.13. The molecule has 2 rings (SSSR count). The van der Waals surface area contributed by atoms with Crippen molar-refractivity contribution in [3.63, 3.8) is 0 Å². The van der Waals surface area contributed by atoms with E-state index < -0.39 is 10.0 Å². The van der Waals surface area contributed by atoms with E-state index in [2.05, 4.69) is 0 Å². The minimum atomic E-state index is -3.57. The third-order valence-electron chi connectivity index (χ3n) is 4.03. The van der Waals surface area contributed by atoms with Gasteiger partial charge < -0.3 is 5.73 Å². The first kappa shape index (κ1) is 15.0. The Morgan fingerprint density at radius 3 is 2.85 bits per heavy atom. The van der Waals surface area contributed by atoms with Crippen molar-refractivity contribution in [2.45, 2.75) is 30.2 Å². The van der Waals surface area contributed by atoms with Crippen LogP contribution in [0.25, 0.3) is 0 Å². The molecule has 1 aliphatic carbocycles. The molecular formula is C14H19N3O2S. The van der Waals surface area contributed by atoms with Crippen molar-refractivity contribution >= 4 is 10.0 Å². The highest BCUT2D eigenvalue weighted by Gasteiger charge is 2.35. The summed E-state index contributed by atoms with van der Waals surface area (Å²) in [5, 5.41) is 8.88. The van der Waals surface area contributed by atoms with Gasteiger partial charge in [0.25, 0.3) is 0 Å². The third-order valence-corrected chi connectivity index (χ3v) is 5.91. The van der Waals surface area contributed by atoms with Gasteiger partial charge in [-0.1, -0.05) is 12.5 Å². The second kappa shape index (κ2) is 5.92. The van der Waals surface area contributed by atoms with Gasteiger partial charge in [-0.3, -0.25) is 0 Å². The van der Waals surface area contributed by atoms with E-state index in [4.69, 9.17) is 11.0 Å². The summed E-state index contributed by atoms with van der Waals surface area (Å²) in [4.78, 5) is 0.168. The van der Waals surface area contributed by atoms with Gasteiger partial charge in [0.05, 0.1) is 16.5 Å². The second-order valence-corrected chi connectivity index (χ2v) is 7.15. The summed E-state index contributed by atoms with van der Waals surface area (Å²) in [7, 11) is -1.97. The van der Waals surface area contributed by atoms with E-state index in [9.17, 15) is 8.42 Å². The molecule has 0 aliphatic heterocycles. The molecule has 0 aromatic heterocycles. The second-order valence-electron chi connectivity index (χ2n) is 5.15. The fraction of sp³-hybridized carbons (Fsp3) is 0.500. The van der Waals surface area contributed by atoms with Crippen LogP contribution in [0.1, 0.15) is 24.8 Å². The third kappa shape index (κ3) is 2.70. The molecule has 5 nitrogen and oxygen atoms in total. The lowest BCUT2D eigenvalue weighted by Crippen LogP contribution is -2.41. The molecule has 1 fully saturated rings. The van der Waals surface area contributed by atoms with Crippen molar-refractivity contribution in [3.8, 4) is 6.07 Å². The predicted molar refractivity (Wildman–Crippen MR) is 76.3 cm³/mol. The number of hydrogen-bond acceptors (Lipinski definition) is 4. The number of nitrogens with zero attached hydrogens (tertiary/aromatic N) is 2. The van der Waals surface area contributed by atoms with Crippen molar-refractivity contribution in [1.82, 2.24) is 4.31 Å². The van der Waals surface area contributed by atoms with Crippen molar-refractivity contribution < 1.29 is 8.42 Å². The van der Waals surface area contributed by atoms with E-state index in [1.54, 1.807) is 19.2 Å². The molecule has 6 heteroatoms. The Labute approximate surface area is 120 Å². The van der Waals surface area contributed by atoms with E-state index in [1.165, 1.54) is 16.4 Å². The summed E-state index contributed by atoms with van der Waals surface area (Å²) in [6, 6.07) is 8.05. The SMILES string of the molecule is CN(C1CCCC1CN)S(=O)(=O)c1cccc(C#N)c1. The monoisotopic (exact) mass is 293 g/mol. The van der Waals surface area contributed by atoms with Gasteiger partial charge in [-0.15, -0.1) is 0 Å². The maximum absolute atomic E-state index is 12.6. The zero-order valence-corrected chi connectivity index (χ0v) is 12.3. The van der Waals surface area contributed by atoms with Gasteiger partial charge in [-0.05, 0) is 43.5 Å². The zero-order chi connectivity index (χ0) is 14.8. The lowest BCUT2D eigenvalue weighted by Gasteiger charge is -2.28. The Balaban J connectivity index is 2.32. The topological polar surface area (TPSA) is 87.2 Å². The van der Waals surface area contributed by atoms with Gasteiger partial charge in [0.15, 0.2) is 0 Å². The first-order chi connectivity index (χ1) is 9.50. The highest BCUT2D eigenvalue weighted by molar-refractivity contribution is 7.89. The fourth-order valence-electron chi connectivity index (χ4n) is 2.84. The van der Waals surface area contributed by atoms with E-state index in [-0.39, 0.29) is 16.9 Å². The van der Waals surface area contributed by atoms with Crippen molar-refractivity contribution in [1.29, 1.82) is 5.26 Å². The standard InChI is InChI=1S/C14H19N3O2S/c1-17(14-7-3-5-12(14)10-16)20(18,19)13-6-2-4-11(8-13)9-15/h2,4,6,8,12,14H,3,5,7,10,16H2,1H3. The van der Waals surface area contributed by atoms with Crippen LogP contribution in [0.5, 0.6) is 0 Å². The van der Waals surface area contributed by atoms with Crippen LogP contribution in [0.4, 0.5) is 0 Å². The summed E-state index contributed by atoms with van der Waals surface area (Å²) in [5.41, 5.74) is 6.07. The molecule has 0 saturated heterocycles. The maximum Gasteiger partial charge on any atom is 0.243 e. The lowest BCUT2D eigenvalue weighted by molar-refractivity contribution is 0.304. The van der Waals surface area contributed by atoms with Crippen LogP contribution in [0.15, 0.2) is 29.2 Å². The van der Waals surface area contributed by atoms with Gasteiger partial charge in [0.2, 0.25) is 10.0 Å². The minimum Gasteiger partial charge on any atom is -0.330 e. The molecule has 2 unspecified atom stereocenters. The zero-order valence-electron chi connectivity index (χ0n) is 11.5. The van der Waals surface area contributed by atoms with Crippen molar-refractivity contribution in [2.24, 2.45) is 11.7 Å². The molecule has 1 aliphatic rings. The molecule has 2 N–H and O–H groups in total. The van der Waals surface area contributed by atoms with Crippen molar-refractivity contribution in [2.75, 3.05) is 13.6 Å². The molecule has 0 amide bonds. The number of sulfonamides is 1. The number of hydrogen-bond donors (Lipinski definition) is 1. The van der Waals surface area contributed by atoms with E-state index in [0.717, 1.165) is 19.3 Å². The summed E-state index contributed by atoms with van der Waals surface area (Å²) in [5.74, 6) is 0.217. The Kier molecular flexibility index (Phi) is 4.43. The Hall–Kier alpha value is -1.42. The summed E-state index contributed by atoms with van der Waals surface area (Å²) in [6.45, 7) is 0.503. The highest BCUT2D eigenvalue weighted by atomic mass is 32.2. The number of nitriles is 1. The summed E-state index contributed by atoms with van der Waals surface area (Å²) >= 11 is 0. The number of rotatable bonds is 4. The normalized spacial score (nSPS) is 22.9. The Morgan fingerprint density at radius 2 is 2.20 bits per heavy atom. The van der Waals surface area contributed by atoms with Crippen LogP contribution in [0, 0.1) is 17.2 Å². The Morgan fingerprint density at radius 1 is 1.45 bits per heavy atom. The molecule has 0 spiro atoms. The molecule has 1 saturated carbocycles. The molecule has 0 radical (unpaired) electrons. The number of nitrogens with two attached hydrogens (primary N) is 1. The highest BCUT2D eigenvalue weighted by Crippen LogP contribution is 2.31. The van der Waals surface area contributed by atoms with E-state index >= 15 is 0 Å². The quantitative estimate of drug-likeness (QED) is 0.906. The smallest absolute Gasteiger partial charge is 0.243 e. The molecule has 1 aromatic carbocycles. The van der Waals surface area contributed by atoms with E-state index in [1.807, 2.05) is 6.07 Å². The van der Waals surface area contributed by atoms with Gasteiger partial charge in [-0.2, -0.15) is 9.57 Å². The maximum atomic E-state index is 12.6. The number of benzene rings is 1. The minimum absolute atomic E-state index is 0.0456. The van der Waals surface area contributed by atoms with Crippen LogP contribution in [-0.2, 0) is 10.0 Å². The van der Waals surface area contributed by atoms with Crippen LogP contribution in [0.2, 0.25) is 0 Å². The van der Waals surface area contributed by atoms with Crippen LogP contribution in [0.3, 0.4) is 0 Å². The molecule has 1 aromatic rings. The van der Waals surface area contributed by atoms with Crippen LogP contribution in [-0.4, -0.2) is 32.4 Å². The van der Waals surface area contributed by atoms with E-state index in [0.29, 0.717) is 12.1 Å². The van der Waals surface area contributed by atoms with Gasteiger partial charge in [0.1, 0.15) is 0 Å². The Bertz CT molecular complexity index is 622. The van der Waals surface area contributed by atoms with Gasteiger partial charge >= 0.3 is 0 Å². The molecule has 2 atom stereocenters. The van der Waals surface area contributed by atoms with Gasteiger partial charge in [-0.25, -0.2) is 8.42 Å². The van der Waals surface area contributed by atoms with Gasteiger partial charge in [0, 0.05) is 13.1 Å². The molecule has 20 heavy (non-hydrogen) atoms. The summed E-state index contributed by atoms with van der Waals surface area (Å²) in [6.07, 6.45) is 2.82. The average Bonchev–Trinajstić information content (AvgIpc) is 2.94. The largest absolute Gasteiger partial charge is 0.330 e. The van der Waals surface area contributed by atoms with Crippen LogP contribution >= 0.6 is 0 Å².